The molecule has 0 spiro atoms. The van der Waals surface area contributed by atoms with Gasteiger partial charge in [-0.1, -0.05) is 22.0 Å². The summed E-state index contributed by atoms with van der Waals surface area (Å²) in [6.07, 6.45) is 0. The number of aryl methyl sites for hydroxylation is 2. The number of halogens is 2. The number of rotatable bonds is 4. The fraction of sp³-hybridized carbons (Fsp3) is 0.200. The van der Waals surface area contributed by atoms with Crippen molar-refractivity contribution in [1.82, 2.24) is 0 Å². The minimum Gasteiger partial charge on any atom is -0.454 e. The van der Waals surface area contributed by atoms with Gasteiger partial charge in [0.05, 0.1) is 11.0 Å². The molecule has 0 aliphatic rings. The molecule has 2 rings (SSSR count). The highest BCUT2D eigenvalue weighted by Gasteiger charge is 2.16. The lowest BCUT2D eigenvalue weighted by atomic mass is 10.1. The molecule has 0 fully saturated rings. The van der Waals surface area contributed by atoms with Crippen LogP contribution in [0.2, 0.25) is 0 Å². The van der Waals surface area contributed by atoms with Gasteiger partial charge in [0, 0.05) is 10.9 Å². The zero-order chi connectivity index (χ0) is 15.6. The average Bonchev–Trinajstić information content (AvgIpc) is 2.42. The Hall–Kier alpha value is -1.95. The van der Waals surface area contributed by atoms with Gasteiger partial charge >= 0.3 is 0 Å². The highest BCUT2D eigenvalue weighted by molar-refractivity contribution is 9.08. The number of nitro groups is 1. The molecule has 0 heterocycles. The number of nitro benzene ring substituents is 1. The third kappa shape index (κ3) is 3.39. The van der Waals surface area contributed by atoms with Crippen molar-refractivity contribution in [3.63, 3.8) is 0 Å². The molecule has 0 amide bonds. The number of hydrogen-bond donors (Lipinski definition) is 0. The molecule has 0 saturated carbocycles. The number of alkyl halides is 1. The molecule has 0 aliphatic carbocycles. The largest absolute Gasteiger partial charge is 0.454 e. The molecule has 0 aliphatic heterocycles. The summed E-state index contributed by atoms with van der Waals surface area (Å²) in [7, 11) is 0. The molecule has 0 N–H and O–H groups in total. The summed E-state index contributed by atoms with van der Waals surface area (Å²) in [6, 6.07) is 7.63. The van der Waals surface area contributed by atoms with Crippen molar-refractivity contribution in [2.24, 2.45) is 0 Å². The molecule has 2 aromatic carbocycles. The Morgan fingerprint density at radius 2 is 1.95 bits per heavy atom. The van der Waals surface area contributed by atoms with Gasteiger partial charge in [0.2, 0.25) is 0 Å². The summed E-state index contributed by atoms with van der Waals surface area (Å²) in [5, 5.41) is 11.5. The third-order valence-electron chi connectivity index (χ3n) is 3.13. The van der Waals surface area contributed by atoms with Crippen molar-refractivity contribution in [2.45, 2.75) is 19.2 Å². The molecule has 21 heavy (non-hydrogen) atoms. The van der Waals surface area contributed by atoms with Crippen molar-refractivity contribution in [3.05, 3.63) is 63.0 Å². The summed E-state index contributed by atoms with van der Waals surface area (Å²) in [5.74, 6) is -0.289. The topological polar surface area (TPSA) is 52.4 Å². The Kier molecular flexibility index (Phi) is 4.57. The Labute approximate surface area is 129 Å². The molecule has 0 unspecified atom stereocenters. The summed E-state index contributed by atoms with van der Waals surface area (Å²) in [6.45, 7) is 3.48. The third-order valence-corrected chi connectivity index (χ3v) is 3.74. The molecule has 6 heteroatoms. The molecule has 0 aromatic heterocycles. The number of benzene rings is 2. The fourth-order valence-corrected chi connectivity index (χ4v) is 2.56. The van der Waals surface area contributed by atoms with E-state index in [4.69, 9.17) is 4.74 Å². The van der Waals surface area contributed by atoms with Crippen molar-refractivity contribution in [2.75, 3.05) is 0 Å². The standard InChI is InChI=1S/C15H13BrFNO3/c1-9-5-12(4-3-11(9)8-16)21-15-6-10(2)14(18(19)20)7-13(15)17/h3-7H,8H2,1-2H3. The van der Waals surface area contributed by atoms with E-state index in [1.807, 2.05) is 13.0 Å². The van der Waals surface area contributed by atoms with E-state index in [1.165, 1.54) is 6.07 Å². The van der Waals surface area contributed by atoms with E-state index >= 15 is 0 Å². The molecule has 4 nitrogen and oxygen atoms in total. The Bertz CT molecular complexity index is 704. The zero-order valence-electron chi connectivity index (χ0n) is 11.5. The van der Waals surface area contributed by atoms with Crippen LogP contribution in [-0.2, 0) is 5.33 Å². The number of hydrogen-bond acceptors (Lipinski definition) is 3. The minimum absolute atomic E-state index is 0.0240. The lowest BCUT2D eigenvalue weighted by Crippen LogP contribution is -1.96. The Morgan fingerprint density at radius 3 is 2.52 bits per heavy atom. The lowest BCUT2D eigenvalue weighted by molar-refractivity contribution is -0.385. The normalized spacial score (nSPS) is 10.5. The van der Waals surface area contributed by atoms with Crippen LogP contribution in [-0.4, -0.2) is 4.92 Å². The van der Waals surface area contributed by atoms with Gasteiger partial charge < -0.3 is 4.74 Å². The first-order chi connectivity index (χ1) is 9.92. The minimum atomic E-state index is -0.755. The maximum Gasteiger partial charge on any atom is 0.275 e. The van der Waals surface area contributed by atoms with Gasteiger partial charge in [0.15, 0.2) is 11.6 Å². The summed E-state index contributed by atoms with van der Waals surface area (Å²) in [5.41, 5.74) is 2.22. The second-order valence-electron chi connectivity index (χ2n) is 4.65. The van der Waals surface area contributed by atoms with Crippen molar-refractivity contribution in [3.8, 4) is 11.5 Å². The zero-order valence-corrected chi connectivity index (χ0v) is 13.1. The maximum atomic E-state index is 13.9. The summed E-state index contributed by atoms with van der Waals surface area (Å²) in [4.78, 5) is 10.1. The van der Waals surface area contributed by atoms with Crippen LogP contribution in [0.1, 0.15) is 16.7 Å². The van der Waals surface area contributed by atoms with Crippen molar-refractivity contribution < 1.29 is 14.1 Å². The van der Waals surface area contributed by atoms with Gasteiger partial charge in [-0.3, -0.25) is 10.1 Å². The Morgan fingerprint density at radius 1 is 1.24 bits per heavy atom. The molecular weight excluding hydrogens is 341 g/mol. The van der Waals surface area contributed by atoms with Gasteiger partial charge in [-0.2, -0.15) is 0 Å². The van der Waals surface area contributed by atoms with E-state index < -0.39 is 10.7 Å². The monoisotopic (exact) mass is 353 g/mol. The first-order valence-corrected chi connectivity index (χ1v) is 7.32. The summed E-state index contributed by atoms with van der Waals surface area (Å²) >= 11 is 3.38. The quantitative estimate of drug-likeness (QED) is 0.439. The molecule has 0 bridgehead atoms. The maximum absolute atomic E-state index is 13.9. The fourth-order valence-electron chi connectivity index (χ4n) is 1.93. The van der Waals surface area contributed by atoms with Crippen LogP contribution in [0.25, 0.3) is 0 Å². The van der Waals surface area contributed by atoms with E-state index in [2.05, 4.69) is 15.9 Å². The van der Waals surface area contributed by atoms with Crippen LogP contribution in [0.4, 0.5) is 10.1 Å². The van der Waals surface area contributed by atoms with Crippen LogP contribution >= 0.6 is 15.9 Å². The highest BCUT2D eigenvalue weighted by Crippen LogP contribution is 2.31. The number of nitrogens with zero attached hydrogens (tertiary/aromatic N) is 1. The lowest BCUT2D eigenvalue weighted by Gasteiger charge is -2.10. The van der Waals surface area contributed by atoms with Gasteiger partial charge in [-0.25, -0.2) is 4.39 Å². The average molecular weight is 354 g/mol. The van der Waals surface area contributed by atoms with Crippen LogP contribution in [0, 0.1) is 29.8 Å². The molecule has 0 radical (unpaired) electrons. The highest BCUT2D eigenvalue weighted by atomic mass is 79.9. The van der Waals surface area contributed by atoms with Gasteiger partial charge in [-0.15, -0.1) is 0 Å². The molecule has 0 atom stereocenters. The van der Waals surface area contributed by atoms with Crippen molar-refractivity contribution >= 4 is 21.6 Å². The summed E-state index contributed by atoms with van der Waals surface area (Å²) < 4.78 is 19.4. The van der Waals surface area contributed by atoms with Crippen molar-refractivity contribution in [1.29, 1.82) is 0 Å². The van der Waals surface area contributed by atoms with Gasteiger partial charge in [0.1, 0.15) is 5.75 Å². The van der Waals surface area contributed by atoms with E-state index in [0.29, 0.717) is 11.3 Å². The second-order valence-corrected chi connectivity index (χ2v) is 5.21. The first-order valence-electron chi connectivity index (χ1n) is 6.20. The van der Waals surface area contributed by atoms with Crippen LogP contribution in [0.5, 0.6) is 11.5 Å². The van der Waals surface area contributed by atoms with E-state index in [0.717, 1.165) is 22.5 Å². The first kappa shape index (κ1) is 15.4. The van der Waals surface area contributed by atoms with E-state index in [9.17, 15) is 14.5 Å². The molecule has 0 saturated heterocycles. The SMILES string of the molecule is Cc1cc(Oc2cc(C)c([N+](=O)[O-])cc2F)ccc1CBr. The molecular formula is C15H13BrFNO3. The van der Waals surface area contributed by atoms with Gasteiger partial charge in [-0.05, 0) is 43.2 Å². The predicted octanol–water partition coefficient (Wildman–Crippen LogP) is 5.04. The smallest absolute Gasteiger partial charge is 0.275 e. The predicted molar refractivity (Wildman–Crippen MR) is 81.7 cm³/mol. The van der Waals surface area contributed by atoms with Gasteiger partial charge in [0.25, 0.3) is 5.69 Å². The van der Waals surface area contributed by atoms with E-state index in [-0.39, 0.29) is 11.4 Å². The van der Waals surface area contributed by atoms with Crippen LogP contribution < -0.4 is 4.74 Å². The van der Waals surface area contributed by atoms with E-state index in [1.54, 1.807) is 19.1 Å². The molecule has 110 valence electrons. The second kappa shape index (κ2) is 6.22. The molecule has 2 aromatic rings. The van der Waals surface area contributed by atoms with Crippen LogP contribution in [0.3, 0.4) is 0 Å². The van der Waals surface area contributed by atoms with Crippen LogP contribution in [0.15, 0.2) is 30.3 Å². The number of ether oxygens (including phenoxy) is 1. The Balaban J connectivity index is 2.34.